The molecule has 20 heavy (non-hydrogen) atoms. The maximum absolute atomic E-state index is 12.1. The highest BCUT2D eigenvalue weighted by Gasteiger charge is 2.31. The highest BCUT2D eigenvalue weighted by Crippen LogP contribution is 2.33. The van der Waals surface area contributed by atoms with Crippen molar-refractivity contribution in [3.8, 4) is 5.75 Å². The fraction of sp³-hybridized carbons (Fsp3) is 0.0833. The van der Waals surface area contributed by atoms with Crippen molar-refractivity contribution in [3.05, 3.63) is 45.5 Å². The molecule has 0 amide bonds. The molecule has 2 rings (SSSR count). The standard InChI is InChI=1S/C12H7Br2F3N2O/c13-7-1-4-11(18-6-7)19-8-2-3-10(9(14)5-8)20-12(15,16)17/h1-6H,(H,18,19). The van der Waals surface area contributed by atoms with Gasteiger partial charge in [0.1, 0.15) is 11.6 Å². The van der Waals surface area contributed by atoms with Crippen LogP contribution in [0.4, 0.5) is 24.7 Å². The third-order valence-corrected chi connectivity index (χ3v) is 3.25. The molecule has 0 atom stereocenters. The average Bonchev–Trinajstić information content (AvgIpc) is 2.34. The summed E-state index contributed by atoms with van der Waals surface area (Å²) in [7, 11) is 0. The first-order valence-electron chi connectivity index (χ1n) is 5.27. The lowest BCUT2D eigenvalue weighted by molar-refractivity contribution is -0.274. The van der Waals surface area contributed by atoms with Gasteiger partial charge in [-0.3, -0.25) is 0 Å². The molecule has 0 aliphatic carbocycles. The van der Waals surface area contributed by atoms with Crippen molar-refractivity contribution in [2.24, 2.45) is 0 Å². The number of hydrogen-bond acceptors (Lipinski definition) is 3. The zero-order chi connectivity index (χ0) is 14.8. The Labute approximate surface area is 129 Å². The summed E-state index contributed by atoms with van der Waals surface area (Å²) in [4.78, 5) is 4.10. The Hall–Kier alpha value is -1.28. The summed E-state index contributed by atoms with van der Waals surface area (Å²) in [5.74, 6) is 0.274. The van der Waals surface area contributed by atoms with Crippen LogP contribution in [0.3, 0.4) is 0 Å². The van der Waals surface area contributed by atoms with Crippen LogP contribution in [0.5, 0.6) is 5.75 Å². The van der Waals surface area contributed by atoms with Crippen LogP contribution in [0.2, 0.25) is 0 Å². The van der Waals surface area contributed by atoms with Gasteiger partial charge in [0, 0.05) is 16.4 Å². The SMILES string of the molecule is FC(F)(F)Oc1ccc(Nc2ccc(Br)cn2)cc1Br. The lowest BCUT2D eigenvalue weighted by atomic mass is 10.3. The van der Waals surface area contributed by atoms with E-state index in [4.69, 9.17) is 0 Å². The van der Waals surface area contributed by atoms with Crippen LogP contribution in [0, 0.1) is 0 Å². The second-order valence-electron chi connectivity index (χ2n) is 3.68. The van der Waals surface area contributed by atoms with Gasteiger partial charge < -0.3 is 10.1 Å². The van der Waals surface area contributed by atoms with Gasteiger partial charge in [-0.15, -0.1) is 13.2 Å². The van der Waals surface area contributed by atoms with E-state index in [-0.39, 0.29) is 10.2 Å². The number of benzene rings is 1. The fourth-order valence-corrected chi connectivity index (χ4v) is 2.08. The molecule has 0 radical (unpaired) electrons. The lowest BCUT2D eigenvalue weighted by Crippen LogP contribution is -2.17. The molecule has 3 nitrogen and oxygen atoms in total. The fourth-order valence-electron chi connectivity index (χ4n) is 1.38. The van der Waals surface area contributed by atoms with E-state index in [0.29, 0.717) is 11.5 Å². The molecule has 0 aliphatic heterocycles. The number of nitrogens with zero attached hydrogens (tertiary/aromatic N) is 1. The molecule has 0 unspecified atom stereocenters. The highest BCUT2D eigenvalue weighted by atomic mass is 79.9. The van der Waals surface area contributed by atoms with E-state index in [9.17, 15) is 13.2 Å². The van der Waals surface area contributed by atoms with E-state index >= 15 is 0 Å². The number of ether oxygens (including phenoxy) is 1. The number of alkyl halides is 3. The maximum Gasteiger partial charge on any atom is 0.573 e. The molecule has 0 saturated carbocycles. The Kier molecular flexibility index (Phi) is 4.54. The minimum absolute atomic E-state index is 0.192. The van der Waals surface area contributed by atoms with Crippen LogP contribution < -0.4 is 10.1 Å². The molecule has 106 valence electrons. The number of aromatic nitrogens is 1. The average molecular weight is 412 g/mol. The number of rotatable bonds is 3. The van der Waals surface area contributed by atoms with Crippen molar-refractivity contribution in [2.45, 2.75) is 6.36 Å². The van der Waals surface area contributed by atoms with Crippen LogP contribution >= 0.6 is 31.9 Å². The second kappa shape index (κ2) is 6.01. The molecular weight excluding hydrogens is 405 g/mol. The summed E-state index contributed by atoms with van der Waals surface area (Å²) in [5, 5.41) is 2.96. The van der Waals surface area contributed by atoms with Gasteiger partial charge >= 0.3 is 6.36 Å². The maximum atomic E-state index is 12.1. The van der Waals surface area contributed by atoms with Gasteiger partial charge in [-0.1, -0.05) is 0 Å². The molecule has 0 aliphatic rings. The Bertz CT molecular complexity index is 603. The monoisotopic (exact) mass is 410 g/mol. The number of hydrogen-bond donors (Lipinski definition) is 1. The highest BCUT2D eigenvalue weighted by molar-refractivity contribution is 9.10. The quantitative estimate of drug-likeness (QED) is 0.749. The van der Waals surface area contributed by atoms with Crippen molar-refractivity contribution in [3.63, 3.8) is 0 Å². The van der Waals surface area contributed by atoms with Gasteiger partial charge in [0.15, 0.2) is 0 Å². The van der Waals surface area contributed by atoms with Crippen LogP contribution in [0.1, 0.15) is 0 Å². The smallest absolute Gasteiger partial charge is 0.405 e. The van der Waals surface area contributed by atoms with Gasteiger partial charge in [-0.25, -0.2) is 4.98 Å². The summed E-state index contributed by atoms with van der Waals surface area (Å²) in [5.41, 5.74) is 0.584. The van der Waals surface area contributed by atoms with Crippen molar-refractivity contribution in [2.75, 3.05) is 5.32 Å². The van der Waals surface area contributed by atoms with Gasteiger partial charge in [-0.2, -0.15) is 0 Å². The molecule has 0 bridgehead atoms. The summed E-state index contributed by atoms with van der Waals surface area (Å²) in [6.45, 7) is 0. The second-order valence-corrected chi connectivity index (χ2v) is 5.45. The minimum atomic E-state index is -4.72. The van der Waals surface area contributed by atoms with Crippen LogP contribution in [-0.4, -0.2) is 11.3 Å². The topological polar surface area (TPSA) is 34.1 Å². The van der Waals surface area contributed by atoms with Crippen molar-refractivity contribution in [1.82, 2.24) is 4.98 Å². The Morgan fingerprint density at radius 1 is 1.10 bits per heavy atom. The first kappa shape index (κ1) is 15.1. The van der Waals surface area contributed by atoms with E-state index in [0.717, 1.165) is 4.47 Å². The van der Waals surface area contributed by atoms with Gasteiger partial charge in [-0.05, 0) is 62.2 Å². The predicted octanol–water partition coefficient (Wildman–Crippen LogP) is 5.25. The minimum Gasteiger partial charge on any atom is -0.405 e. The third-order valence-electron chi connectivity index (χ3n) is 2.16. The van der Waals surface area contributed by atoms with E-state index < -0.39 is 6.36 Å². The molecule has 1 heterocycles. The molecule has 0 saturated heterocycles. The van der Waals surface area contributed by atoms with Crippen molar-refractivity contribution < 1.29 is 17.9 Å². The van der Waals surface area contributed by atoms with E-state index in [1.54, 1.807) is 18.3 Å². The summed E-state index contributed by atoms with van der Waals surface area (Å²) in [6, 6.07) is 7.70. The zero-order valence-electron chi connectivity index (χ0n) is 9.71. The Morgan fingerprint density at radius 3 is 2.40 bits per heavy atom. The molecule has 8 heteroatoms. The summed E-state index contributed by atoms with van der Waals surface area (Å²) >= 11 is 6.29. The Morgan fingerprint density at radius 2 is 1.85 bits per heavy atom. The number of nitrogens with one attached hydrogen (secondary N) is 1. The van der Waals surface area contributed by atoms with Crippen LogP contribution in [-0.2, 0) is 0 Å². The van der Waals surface area contributed by atoms with E-state index in [2.05, 4.69) is 46.9 Å². The largest absolute Gasteiger partial charge is 0.573 e. The predicted molar refractivity (Wildman–Crippen MR) is 76.0 cm³/mol. The molecule has 0 spiro atoms. The summed E-state index contributed by atoms with van der Waals surface area (Å²) < 4.78 is 41.3. The Balaban J connectivity index is 2.14. The third kappa shape index (κ3) is 4.38. The van der Waals surface area contributed by atoms with Crippen LogP contribution in [0.15, 0.2) is 45.5 Å². The van der Waals surface area contributed by atoms with Crippen LogP contribution in [0.25, 0.3) is 0 Å². The molecule has 2 aromatic rings. The molecule has 1 aromatic carbocycles. The first-order valence-corrected chi connectivity index (χ1v) is 6.86. The van der Waals surface area contributed by atoms with Crippen molar-refractivity contribution in [1.29, 1.82) is 0 Å². The number of halogens is 5. The van der Waals surface area contributed by atoms with E-state index in [1.807, 2.05) is 0 Å². The van der Waals surface area contributed by atoms with Gasteiger partial charge in [0.2, 0.25) is 0 Å². The molecular formula is C12H7Br2F3N2O. The number of pyridine rings is 1. The molecule has 1 N–H and O–H groups in total. The molecule has 1 aromatic heterocycles. The van der Waals surface area contributed by atoms with E-state index in [1.165, 1.54) is 18.2 Å². The normalized spacial score (nSPS) is 11.2. The first-order chi connectivity index (χ1) is 9.33. The number of anilines is 2. The summed E-state index contributed by atoms with van der Waals surface area (Å²) in [6.07, 6.45) is -3.11. The molecule has 0 fully saturated rings. The van der Waals surface area contributed by atoms with Gasteiger partial charge in [0.05, 0.1) is 4.47 Å². The zero-order valence-corrected chi connectivity index (χ0v) is 12.9. The lowest BCUT2D eigenvalue weighted by Gasteiger charge is -2.12. The van der Waals surface area contributed by atoms with Crippen molar-refractivity contribution >= 4 is 43.4 Å². The van der Waals surface area contributed by atoms with Gasteiger partial charge in [0.25, 0.3) is 0 Å².